The lowest BCUT2D eigenvalue weighted by Crippen LogP contribution is -2.09. The Morgan fingerprint density at radius 3 is 1.71 bits per heavy atom. The first-order valence-electron chi connectivity index (χ1n) is 1.40. The van der Waals surface area contributed by atoms with Crippen LogP contribution in [0.3, 0.4) is 0 Å². The molecular weight excluding hydrogens is 106 g/mol. The smallest absolute Gasteiger partial charge is 0.299 e. The second-order valence-corrected chi connectivity index (χ2v) is 1.07. The summed E-state index contributed by atoms with van der Waals surface area (Å²) in [7, 11) is 0. The van der Waals surface area contributed by atoms with Gasteiger partial charge in [-0.15, -0.1) is 0 Å². The average molecular weight is 112 g/mol. The molecule has 0 heterocycles. The van der Waals surface area contributed by atoms with E-state index in [0.717, 1.165) is 0 Å². The van der Waals surface area contributed by atoms with Crippen molar-refractivity contribution in [3.63, 3.8) is 0 Å². The lowest BCUT2D eigenvalue weighted by Gasteiger charge is -1.93. The summed E-state index contributed by atoms with van der Waals surface area (Å²) in [5, 5.41) is 0. The van der Waals surface area contributed by atoms with E-state index in [-0.39, 0.29) is 5.48 Å². The van der Waals surface area contributed by atoms with Crippen molar-refractivity contribution in [1.29, 1.82) is 0 Å². The maximum absolute atomic E-state index is 11.1. The molecule has 0 rings (SSSR count). The van der Waals surface area contributed by atoms with Crippen molar-refractivity contribution in [2.45, 2.75) is 12.8 Å². The quantitative estimate of drug-likeness (QED) is 0.441. The molecule has 2 nitrogen and oxygen atoms in total. The zero-order valence-corrected chi connectivity index (χ0v) is 3.74. The summed E-state index contributed by atoms with van der Waals surface area (Å²) in [5.74, 6) is -3.14. The van der Waals surface area contributed by atoms with E-state index in [9.17, 15) is 8.78 Å². The molecule has 0 aliphatic carbocycles. The first kappa shape index (κ1) is 9.70. The van der Waals surface area contributed by atoms with Crippen molar-refractivity contribution < 1.29 is 19.1 Å². The molecule has 7 heavy (non-hydrogen) atoms. The van der Waals surface area contributed by atoms with Crippen molar-refractivity contribution in [2.24, 2.45) is 0 Å². The van der Waals surface area contributed by atoms with E-state index in [0.29, 0.717) is 6.92 Å². The Morgan fingerprint density at radius 2 is 1.71 bits per heavy atom. The van der Waals surface area contributed by atoms with Crippen molar-refractivity contribution >= 4 is 6.29 Å². The zero-order valence-electron chi connectivity index (χ0n) is 3.74. The van der Waals surface area contributed by atoms with E-state index in [4.69, 9.17) is 4.79 Å². The predicted molar refractivity (Wildman–Crippen MR) is 20.3 cm³/mol. The number of rotatable bonds is 1. The molecule has 0 aromatic heterocycles. The maximum atomic E-state index is 11.1. The second-order valence-electron chi connectivity index (χ2n) is 1.07. The minimum Gasteiger partial charge on any atom is -0.412 e. The highest BCUT2D eigenvalue weighted by molar-refractivity contribution is 5.58. The van der Waals surface area contributed by atoms with E-state index >= 15 is 0 Å². The van der Waals surface area contributed by atoms with Gasteiger partial charge in [0.25, 0.3) is 5.92 Å². The lowest BCUT2D eigenvalue weighted by atomic mass is 10.5. The fraction of sp³-hybridized carbons (Fsp3) is 0.667. The third-order valence-electron chi connectivity index (χ3n) is 0.207. The highest BCUT2D eigenvalue weighted by atomic mass is 19.3. The molecule has 4 heteroatoms. The Hall–Kier alpha value is -0.510. The van der Waals surface area contributed by atoms with Gasteiger partial charge < -0.3 is 5.48 Å². The van der Waals surface area contributed by atoms with Gasteiger partial charge >= 0.3 is 0 Å². The molecule has 0 fully saturated rings. The van der Waals surface area contributed by atoms with E-state index in [1.165, 1.54) is 0 Å². The van der Waals surface area contributed by atoms with Crippen molar-refractivity contribution in [2.75, 3.05) is 0 Å². The molecule has 0 atom stereocenters. The van der Waals surface area contributed by atoms with Crippen LogP contribution in [0.15, 0.2) is 0 Å². The van der Waals surface area contributed by atoms with Crippen LogP contribution in [0.5, 0.6) is 0 Å². The summed E-state index contributed by atoms with van der Waals surface area (Å²) in [5.41, 5.74) is 0. The number of hydrogen-bond donors (Lipinski definition) is 0. The lowest BCUT2D eigenvalue weighted by molar-refractivity contribution is -0.126. The monoisotopic (exact) mass is 112 g/mol. The number of alkyl halides is 2. The normalized spacial score (nSPS) is 9.57. The Kier molecular flexibility index (Phi) is 3.64. The van der Waals surface area contributed by atoms with Gasteiger partial charge in [-0.1, -0.05) is 0 Å². The Balaban J connectivity index is 0. The van der Waals surface area contributed by atoms with Gasteiger partial charge in [-0.2, -0.15) is 8.78 Å². The standard InChI is InChI=1S/C3H4F2O.H2O/c1-3(4,5)2-6;/h2H,1H3;1H2. The first-order valence-corrected chi connectivity index (χ1v) is 1.40. The molecule has 0 saturated heterocycles. The van der Waals surface area contributed by atoms with Gasteiger partial charge in [0.15, 0.2) is 6.29 Å². The third kappa shape index (κ3) is 10.8. The fourth-order valence-electron chi connectivity index (χ4n) is 0. The Labute approximate surface area is 39.4 Å². The van der Waals surface area contributed by atoms with Gasteiger partial charge in [-0.25, -0.2) is 0 Å². The molecule has 0 aromatic rings. The molecule has 0 bridgehead atoms. The zero-order chi connectivity index (χ0) is 5.21. The molecule has 0 amide bonds. The molecule has 0 aromatic carbocycles. The van der Waals surface area contributed by atoms with E-state index in [2.05, 4.69) is 0 Å². The predicted octanol–water partition coefficient (Wildman–Crippen LogP) is 0.0158. The highest BCUT2D eigenvalue weighted by Crippen LogP contribution is 2.04. The van der Waals surface area contributed by atoms with Crippen LogP contribution in [0, 0.1) is 0 Å². The van der Waals surface area contributed by atoms with Gasteiger partial charge in [0, 0.05) is 6.92 Å². The molecule has 44 valence electrons. The Morgan fingerprint density at radius 1 is 1.57 bits per heavy atom. The number of carbonyl (C=O) groups excluding carboxylic acids is 1. The van der Waals surface area contributed by atoms with Gasteiger partial charge in [0.05, 0.1) is 0 Å². The van der Waals surface area contributed by atoms with Gasteiger partial charge in [0.1, 0.15) is 0 Å². The molecule has 0 unspecified atom stereocenters. The minimum absolute atomic E-state index is 0. The number of aldehydes is 1. The number of halogens is 2. The second kappa shape index (κ2) is 2.63. The molecule has 0 spiro atoms. The summed E-state index contributed by atoms with van der Waals surface area (Å²) in [6, 6.07) is 0. The van der Waals surface area contributed by atoms with Crippen molar-refractivity contribution in [3.05, 3.63) is 0 Å². The van der Waals surface area contributed by atoms with Crippen LogP contribution in [-0.2, 0) is 4.79 Å². The molecule has 0 saturated carbocycles. The summed E-state index contributed by atoms with van der Waals surface area (Å²) in [4.78, 5) is 9.08. The fourth-order valence-corrected chi connectivity index (χ4v) is 0. The van der Waals surface area contributed by atoms with Gasteiger partial charge in [-0.3, -0.25) is 4.79 Å². The van der Waals surface area contributed by atoms with Crippen LogP contribution in [0.1, 0.15) is 6.92 Å². The Bertz CT molecular complexity index is 56.4. The van der Waals surface area contributed by atoms with Crippen LogP contribution < -0.4 is 0 Å². The first-order chi connectivity index (χ1) is 2.56. The van der Waals surface area contributed by atoms with Gasteiger partial charge in [0.2, 0.25) is 0 Å². The molecule has 0 aliphatic rings. The van der Waals surface area contributed by atoms with Gasteiger partial charge in [-0.05, 0) is 0 Å². The van der Waals surface area contributed by atoms with E-state index in [1.54, 1.807) is 0 Å². The van der Waals surface area contributed by atoms with E-state index < -0.39 is 12.2 Å². The maximum Gasteiger partial charge on any atom is 0.299 e. The summed E-state index contributed by atoms with van der Waals surface area (Å²) < 4.78 is 22.2. The van der Waals surface area contributed by atoms with Crippen molar-refractivity contribution in [1.82, 2.24) is 0 Å². The summed E-state index contributed by atoms with van der Waals surface area (Å²) in [6.45, 7) is 0.542. The topological polar surface area (TPSA) is 48.6 Å². The molecule has 0 radical (unpaired) electrons. The van der Waals surface area contributed by atoms with Crippen LogP contribution >= 0.6 is 0 Å². The highest BCUT2D eigenvalue weighted by Gasteiger charge is 2.17. The molecule has 2 N–H and O–H groups in total. The largest absolute Gasteiger partial charge is 0.412 e. The van der Waals surface area contributed by atoms with Crippen molar-refractivity contribution in [3.8, 4) is 0 Å². The van der Waals surface area contributed by atoms with Crippen LogP contribution in [-0.4, -0.2) is 17.7 Å². The number of carbonyl (C=O) groups is 1. The van der Waals surface area contributed by atoms with Crippen LogP contribution in [0.25, 0.3) is 0 Å². The summed E-state index contributed by atoms with van der Waals surface area (Å²) in [6.07, 6.45) is -0.396. The van der Waals surface area contributed by atoms with E-state index in [1.807, 2.05) is 0 Å². The minimum atomic E-state index is -3.14. The van der Waals surface area contributed by atoms with Crippen LogP contribution in [0.2, 0.25) is 0 Å². The third-order valence-corrected chi connectivity index (χ3v) is 0.207. The van der Waals surface area contributed by atoms with Crippen LogP contribution in [0.4, 0.5) is 8.78 Å². The average Bonchev–Trinajstić information content (AvgIpc) is 1.35. The molecular formula is C3H6F2O2. The number of hydrogen-bond acceptors (Lipinski definition) is 1. The summed E-state index contributed by atoms with van der Waals surface area (Å²) >= 11 is 0. The SMILES string of the molecule is CC(F)(F)C=O.O. The molecule has 0 aliphatic heterocycles.